The van der Waals surface area contributed by atoms with Gasteiger partial charge in [0.15, 0.2) is 0 Å². The minimum Gasteiger partial charge on any atom is -0.481 e. The highest BCUT2D eigenvalue weighted by atomic mass is 16.5. The van der Waals surface area contributed by atoms with Crippen molar-refractivity contribution in [2.75, 3.05) is 26.4 Å². The number of hydrogen-bond acceptors (Lipinski definition) is 4. The number of carboxylic acid groups (broad SMARTS) is 1. The molecule has 0 aromatic rings. The molecule has 1 amide bonds. The van der Waals surface area contributed by atoms with Gasteiger partial charge in [0.2, 0.25) is 5.91 Å². The van der Waals surface area contributed by atoms with Crippen LogP contribution in [-0.4, -0.2) is 59.9 Å². The van der Waals surface area contributed by atoms with Crippen LogP contribution >= 0.6 is 0 Å². The minimum atomic E-state index is -0.918. The smallest absolute Gasteiger partial charge is 0.311 e. The number of ether oxygens (including phenoxy) is 2. The van der Waals surface area contributed by atoms with E-state index in [1.165, 1.54) is 0 Å². The summed E-state index contributed by atoms with van der Waals surface area (Å²) in [5, 5.41) is 9.19. The van der Waals surface area contributed by atoms with Gasteiger partial charge in [-0.15, -0.1) is 0 Å². The van der Waals surface area contributed by atoms with Gasteiger partial charge in [-0.25, -0.2) is 0 Å². The zero-order chi connectivity index (χ0) is 15.3. The van der Waals surface area contributed by atoms with Crippen LogP contribution in [0.1, 0.15) is 34.1 Å². The molecule has 116 valence electrons. The normalized spacial score (nSPS) is 22.8. The lowest BCUT2D eigenvalue weighted by atomic mass is 10.0. The van der Waals surface area contributed by atoms with Crippen LogP contribution in [0.4, 0.5) is 0 Å². The van der Waals surface area contributed by atoms with Crippen molar-refractivity contribution in [2.24, 2.45) is 5.92 Å². The van der Waals surface area contributed by atoms with Gasteiger partial charge >= 0.3 is 5.97 Å². The summed E-state index contributed by atoms with van der Waals surface area (Å²) < 4.78 is 10.7. The van der Waals surface area contributed by atoms with Gasteiger partial charge in [0.05, 0.1) is 24.9 Å². The Morgan fingerprint density at radius 1 is 1.35 bits per heavy atom. The molecule has 2 unspecified atom stereocenters. The maximum Gasteiger partial charge on any atom is 0.311 e. The van der Waals surface area contributed by atoms with E-state index >= 15 is 0 Å². The summed E-state index contributed by atoms with van der Waals surface area (Å²) in [6.45, 7) is 8.51. The zero-order valence-electron chi connectivity index (χ0n) is 12.7. The number of rotatable bonds is 6. The topological polar surface area (TPSA) is 76.1 Å². The molecule has 6 nitrogen and oxygen atoms in total. The third kappa shape index (κ3) is 4.76. The van der Waals surface area contributed by atoms with Gasteiger partial charge in [-0.05, 0) is 27.2 Å². The van der Waals surface area contributed by atoms with Gasteiger partial charge in [0, 0.05) is 6.54 Å². The van der Waals surface area contributed by atoms with E-state index in [-0.39, 0.29) is 25.7 Å². The lowest BCUT2D eigenvalue weighted by molar-refractivity contribution is -0.148. The third-order valence-electron chi connectivity index (χ3n) is 3.18. The molecule has 0 saturated carbocycles. The molecule has 0 bridgehead atoms. The zero-order valence-corrected chi connectivity index (χ0v) is 12.7. The van der Waals surface area contributed by atoms with Crippen molar-refractivity contribution < 1.29 is 24.2 Å². The number of aliphatic carboxylic acids is 1. The number of amides is 1. The molecule has 1 N–H and O–H groups in total. The largest absolute Gasteiger partial charge is 0.481 e. The van der Waals surface area contributed by atoms with E-state index in [4.69, 9.17) is 9.47 Å². The fraction of sp³-hybridized carbons (Fsp3) is 0.857. The third-order valence-corrected chi connectivity index (χ3v) is 3.18. The van der Waals surface area contributed by atoms with E-state index in [2.05, 4.69) is 0 Å². The molecule has 0 radical (unpaired) electrons. The van der Waals surface area contributed by atoms with Crippen LogP contribution in [0.3, 0.4) is 0 Å². The van der Waals surface area contributed by atoms with Crippen molar-refractivity contribution in [3.63, 3.8) is 0 Å². The predicted octanol–water partition coefficient (Wildman–Crippen LogP) is 1.14. The van der Waals surface area contributed by atoms with Crippen LogP contribution in [0, 0.1) is 5.92 Å². The van der Waals surface area contributed by atoms with Gasteiger partial charge in [0.1, 0.15) is 12.5 Å². The number of nitrogens with zero attached hydrogens (tertiary/aromatic N) is 1. The first kappa shape index (κ1) is 16.9. The van der Waals surface area contributed by atoms with Crippen LogP contribution < -0.4 is 0 Å². The Morgan fingerprint density at radius 2 is 2.00 bits per heavy atom. The fourth-order valence-corrected chi connectivity index (χ4v) is 2.16. The van der Waals surface area contributed by atoms with E-state index in [1.807, 2.05) is 27.7 Å². The van der Waals surface area contributed by atoms with Crippen molar-refractivity contribution >= 4 is 11.9 Å². The van der Waals surface area contributed by atoms with Crippen LogP contribution in [0.5, 0.6) is 0 Å². The molecule has 1 fully saturated rings. The standard InChI is InChI=1S/C14H25NO5/c1-5-6-15(12(16)9-20-14(2,3)4)11-8-19-7-10(11)13(17)18/h10-11H,5-9H2,1-4H3,(H,17,18). The molecule has 0 aromatic heterocycles. The van der Waals surface area contributed by atoms with E-state index in [9.17, 15) is 14.7 Å². The highest BCUT2D eigenvalue weighted by Crippen LogP contribution is 2.21. The summed E-state index contributed by atoms with van der Waals surface area (Å²) in [5.74, 6) is -1.75. The number of carbonyl (C=O) groups is 2. The molecule has 1 rings (SSSR count). The first-order chi connectivity index (χ1) is 9.26. The second-order valence-corrected chi connectivity index (χ2v) is 6.04. The van der Waals surface area contributed by atoms with Gasteiger partial charge in [-0.1, -0.05) is 6.92 Å². The Labute approximate surface area is 120 Å². The molecule has 0 spiro atoms. The summed E-state index contributed by atoms with van der Waals surface area (Å²) in [6, 6.07) is -0.400. The van der Waals surface area contributed by atoms with Crippen molar-refractivity contribution in [3.05, 3.63) is 0 Å². The molecule has 2 atom stereocenters. The molecular formula is C14H25NO5. The van der Waals surface area contributed by atoms with Crippen molar-refractivity contribution in [1.29, 1.82) is 0 Å². The van der Waals surface area contributed by atoms with Crippen LogP contribution in [0.15, 0.2) is 0 Å². The van der Waals surface area contributed by atoms with Gasteiger partial charge in [-0.2, -0.15) is 0 Å². The lowest BCUT2D eigenvalue weighted by Gasteiger charge is -2.31. The summed E-state index contributed by atoms with van der Waals surface area (Å²) in [7, 11) is 0. The Morgan fingerprint density at radius 3 is 2.50 bits per heavy atom. The quantitative estimate of drug-likeness (QED) is 0.793. The van der Waals surface area contributed by atoms with E-state index < -0.39 is 23.5 Å². The van der Waals surface area contributed by atoms with Crippen LogP contribution in [-0.2, 0) is 19.1 Å². The second-order valence-electron chi connectivity index (χ2n) is 6.04. The molecule has 1 saturated heterocycles. The summed E-state index contributed by atoms with van der Waals surface area (Å²) in [6.07, 6.45) is 0.768. The molecule has 6 heteroatoms. The Kier molecular flexibility index (Phi) is 5.95. The average molecular weight is 287 g/mol. The Bertz CT molecular complexity index is 350. The summed E-state index contributed by atoms with van der Waals surface area (Å²) in [5.41, 5.74) is -0.397. The predicted molar refractivity (Wildman–Crippen MR) is 73.4 cm³/mol. The minimum absolute atomic E-state index is 0.0354. The number of carboxylic acids is 1. The van der Waals surface area contributed by atoms with Crippen LogP contribution in [0.25, 0.3) is 0 Å². The molecule has 0 aromatic carbocycles. The highest BCUT2D eigenvalue weighted by molar-refractivity contribution is 5.79. The maximum atomic E-state index is 12.3. The lowest BCUT2D eigenvalue weighted by Crippen LogP contribution is -2.48. The monoisotopic (exact) mass is 287 g/mol. The number of hydrogen-bond donors (Lipinski definition) is 1. The van der Waals surface area contributed by atoms with Crippen molar-refractivity contribution in [3.8, 4) is 0 Å². The van der Waals surface area contributed by atoms with Gasteiger partial charge < -0.3 is 19.5 Å². The van der Waals surface area contributed by atoms with E-state index in [1.54, 1.807) is 4.90 Å². The second kappa shape index (κ2) is 7.04. The molecule has 1 heterocycles. The Hall–Kier alpha value is -1.14. The SMILES string of the molecule is CCCN(C(=O)COC(C)(C)C)C1COCC1C(=O)O. The molecule has 1 aliphatic heterocycles. The number of carbonyl (C=O) groups excluding carboxylic acids is 1. The van der Waals surface area contributed by atoms with Gasteiger partial charge in [0.25, 0.3) is 0 Å². The molecule has 0 aliphatic carbocycles. The first-order valence-electron chi connectivity index (χ1n) is 7.00. The maximum absolute atomic E-state index is 12.3. The molecule has 1 aliphatic rings. The molecular weight excluding hydrogens is 262 g/mol. The first-order valence-corrected chi connectivity index (χ1v) is 7.00. The van der Waals surface area contributed by atoms with Gasteiger partial charge in [-0.3, -0.25) is 9.59 Å². The Balaban J connectivity index is 2.72. The van der Waals surface area contributed by atoms with E-state index in [0.717, 1.165) is 6.42 Å². The van der Waals surface area contributed by atoms with E-state index in [0.29, 0.717) is 6.54 Å². The summed E-state index contributed by atoms with van der Waals surface area (Å²) >= 11 is 0. The average Bonchev–Trinajstić information content (AvgIpc) is 2.81. The highest BCUT2D eigenvalue weighted by Gasteiger charge is 2.39. The fourth-order valence-electron chi connectivity index (χ4n) is 2.16. The van der Waals surface area contributed by atoms with Crippen LogP contribution in [0.2, 0.25) is 0 Å². The van der Waals surface area contributed by atoms with Crippen molar-refractivity contribution in [1.82, 2.24) is 4.90 Å². The van der Waals surface area contributed by atoms with Crippen molar-refractivity contribution in [2.45, 2.75) is 45.8 Å². The molecule has 20 heavy (non-hydrogen) atoms. The summed E-state index contributed by atoms with van der Waals surface area (Å²) in [4.78, 5) is 25.1.